The molecule has 0 aliphatic rings. The summed E-state index contributed by atoms with van der Waals surface area (Å²) in [6.07, 6.45) is 20.6. The van der Waals surface area contributed by atoms with Gasteiger partial charge in [0.2, 0.25) is 0 Å². The monoisotopic (exact) mass is 624 g/mol. The number of nitrogens with zero attached hydrogens (tertiary/aromatic N) is 2. The fourth-order valence-electron chi connectivity index (χ4n) is 5.81. The fraction of sp³-hybridized carbons (Fsp3) is 0.500. The number of aromatic nitrogens is 2. The molecule has 1 heterocycles. The van der Waals surface area contributed by atoms with Crippen LogP contribution in [0.1, 0.15) is 117 Å². The Hall–Kier alpha value is -3.80. The lowest BCUT2D eigenvalue weighted by molar-refractivity contribution is 0.304. The van der Waals surface area contributed by atoms with Crippen LogP contribution in [0, 0.1) is 0 Å². The van der Waals surface area contributed by atoms with E-state index in [1.54, 1.807) is 12.1 Å². The molecule has 0 spiro atoms. The van der Waals surface area contributed by atoms with Gasteiger partial charge < -0.3 is 20.9 Å². The van der Waals surface area contributed by atoms with E-state index in [1.165, 1.54) is 89.9 Å². The van der Waals surface area contributed by atoms with Gasteiger partial charge in [-0.25, -0.2) is 9.97 Å². The summed E-state index contributed by atoms with van der Waals surface area (Å²) in [5.74, 6) is 1.74. The zero-order valence-corrected chi connectivity index (χ0v) is 28.4. The molecule has 4 rings (SSSR count). The first-order valence-corrected chi connectivity index (χ1v) is 17.9. The second-order valence-corrected chi connectivity index (χ2v) is 12.6. The number of hydrogen-bond acceptors (Lipinski definition) is 6. The molecule has 6 nitrogen and oxygen atoms in total. The maximum absolute atomic E-state index is 6.13. The smallest absolute Gasteiger partial charge is 0.119 e. The average Bonchev–Trinajstić information content (AvgIpc) is 3.07. The number of unbranched alkanes of at least 4 members (excludes halogenated alkanes) is 14. The highest BCUT2D eigenvalue weighted by Gasteiger charge is 2.15. The van der Waals surface area contributed by atoms with Gasteiger partial charge in [-0.3, -0.25) is 0 Å². The zero-order chi connectivity index (χ0) is 32.4. The molecular weight excluding hydrogens is 568 g/mol. The number of hydrogen-bond donors (Lipinski definition) is 2. The Bertz CT molecular complexity index is 1330. The Morgan fingerprint density at radius 1 is 0.457 bits per heavy atom. The second-order valence-electron chi connectivity index (χ2n) is 12.6. The Labute approximate surface area is 277 Å². The number of ether oxygens (including phenoxy) is 2. The standard InChI is InChI=1S/C40H56N4O2/c1-3-5-7-9-11-13-15-17-27-45-33-23-19-31(20-24-33)39-40(44-38-30-36(42)35(41)29-37(38)43-39)32-21-25-34(26-22-32)46-28-18-16-14-12-10-8-6-4-2/h19-26,29-30H,3-18,27-28,41-42H2,1-2H3. The zero-order valence-electron chi connectivity index (χ0n) is 28.4. The molecule has 0 saturated carbocycles. The van der Waals surface area contributed by atoms with E-state index >= 15 is 0 Å². The van der Waals surface area contributed by atoms with Gasteiger partial charge >= 0.3 is 0 Å². The van der Waals surface area contributed by atoms with Crippen molar-refractivity contribution in [2.75, 3.05) is 24.7 Å². The first kappa shape index (κ1) is 35.1. The molecule has 0 aliphatic heterocycles. The van der Waals surface area contributed by atoms with E-state index < -0.39 is 0 Å². The molecule has 0 radical (unpaired) electrons. The molecule has 0 aliphatic carbocycles. The van der Waals surface area contributed by atoms with Crippen LogP contribution in [0.25, 0.3) is 33.5 Å². The number of nitrogens with two attached hydrogens (primary N) is 2. The highest BCUT2D eigenvalue weighted by molar-refractivity contribution is 5.91. The first-order chi connectivity index (χ1) is 22.6. The van der Waals surface area contributed by atoms with E-state index in [-0.39, 0.29) is 0 Å². The van der Waals surface area contributed by atoms with Crippen LogP contribution in [0.15, 0.2) is 60.7 Å². The van der Waals surface area contributed by atoms with Crippen LogP contribution >= 0.6 is 0 Å². The molecule has 6 heteroatoms. The van der Waals surface area contributed by atoms with Gasteiger partial charge in [-0.1, -0.05) is 104 Å². The lowest BCUT2D eigenvalue weighted by Crippen LogP contribution is -2.00. The molecule has 1 aromatic heterocycles. The van der Waals surface area contributed by atoms with Gasteiger partial charge in [-0.2, -0.15) is 0 Å². The highest BCUT2D eigenvalue weighted by Crippen LogP contribution is 2.34. The molecule has 0 unspecified atom stereocenters. The van der Waals surface area contributed by atoms with Gasteiger partial charge in [0, 0.05) is 11.1 Å². The molecule has 0 bridgehead atoms. The third-order valence-electron chi connectivity index (χ3n) is 8.66. The van der Waals surface area contributed by atoms with Crippen LogP contribution in [0.5, 0.6) is 11.5 Å². The summed E-state index contributed by atoms with van der Waals surface area (Å²) in [4.78, 5) is 10.1. The van der Waals surface area contributed by atoms with Crippen LogP contribution < -0.4 is 20.9 Å². The van der Waals surface area contributed by atoms with Crippen molar-refractivity contribution >= 4 is 22.4 Å². The lowest BCUT2D eigenvalue weighted by atomic mass is 10.0. The minimum Gasteiger partial charge on any atom is -0.494 e. The van der Waals surface area contributed by atoms with Crippen molar-refractivity contribution < 1.29 is 9.47 Å². The number of rotatable bonds is 22. The molecule has 0 amide bonds. The topological polar surface area (TPSA) is 96.3 Å². The summed E-state index contributed by atoms with van der Waals surface area (Å²) in [5, 5.41) is 0. The Kier molecular flexibility index (Phi) is 15.0. The minimum absolute atomic E-state index is 0.503. The van der Waals surface area contributed by atoms with E-state index in [2.05, 4.69) is 38.1 Å². The minimum atomic E-state index is 0.503. The Morgan fingerprint density at radius 3 is 1.13 bits per heavy atom. The number of benzene rings is 3. The van der Waals surface area contributed by atoms with Crippen molar-refractivity contribution in [2.45, 2.75) is 117 Å². The van der Waals surface area contributed by atoms with Crippen LogP contribution in [0.4, 0.5) is 11.4 Å². The third-order valence-corrected chi connectivity index (χ3v) is 8.66. The van der Waals surface area contributed by atoms with E-state index in [0.717, 1.165) is 60.1 Å². The van der Waals surface area contributed by atoms with Gasteiger partial charge in [0.1, 0.15) is 11.5 Å². The molecule has 46 heavy (non-hydrogen) atoms. The SMILES string of the molecule is CCCCCCCCCCOc1ccc(-c2nc3cc(N)c(N)cc3nc2-c2ccc(OCCCCCCCCCC)cc2)cc1. The molecule has 4 N–H and O–H groups in total. The van der Waals surface area contributed by atoms with Gasteiger partial charge in [0.25, 0.3) is 0 Å². The van der Waals surface area contributed by atoms with Crippen LogP contribution in [0.2, 0.25) is 0 Å². The molecule has 0 atom stereocenters. The maximum atomic E-state index is 6.13. The molecule has 0 fully saturated rings. The number of nitrogen functional groups attached to an aromatic ring is 2. The summed E-state index contributed by atoms with van der Waals surface area (Å²) in [5.41, 5.74) is 18.2. The normalized spacial score (nSPS) is 11.3. The maximum Gasteiger partial charge on any atom is 0.119 e. The van der Waals surface area contributed by atoms with E-state index in [4.69, 9.17) is 30.9 Å². The summed E-state index contributed by atoms with van der Waals surface area (Å²) in [6, 6.07) is 19.9. The van der Waals surface area contributed by atoms with Gasteiger partial charge in [-0.05, 0) is 73.5 Å². The summed E-state index contributed by atoms with van der Waals surface area (Å²) < 4.78 is 12.1. The van der Waals surface area contributed by atoms with Crippen LogP contribution in [-0.4, -0.2) is 23.2 Å². The fourth-order valence-corrected chi connectivity index (χ4v) is 5.81. The van der Waals surface area contributed by atoms with E-state index in [0.29, 0.717) is 22.4 Å². The van der Waals surface area contributed by atoms with Gasteiger partial charge in [0.15, 0.2) is 0 Å². The average molecular weight is 625 g/mol. The molecule has 3 aromatic carbocycles. The van der Waals surface area contributed by atoms with Crippen molar-refractivity contribution in [3.8, 4) is 34.0 Å². The van der Waals surface area contributed by atoms with E-state index in [9.17, 15) is 0 Å². The third kappa shape index (κ3) is 11.2. The highest BCUT2D eigenvalue weighted by atomic mass is 16.5. The van der Waals surface area contributed by atoms with E-state index in [1.807, 2.05) is 24.3 Å². The predicted octanol–water partition coefficient (Wildman–Crippen LogP) is 11.2. The summed E-state index contributed by atoms with van der Waals surface area (Å²) in [7, 11) is 0. The van der Waals surface area contributed by atoms with Crippen molar-refractivity contribution in [1.29, 1.82) is 0 Å². The predicted molar refractivity (Wildman–Crippen MR) is 195 cm³/mol. The van der Waals surface area contributed by atoms with Crippen molar-refractivity contribution in [2.24, 2.45) is 0 Å². The van der Waals surface area contributed by atoms with Crippen molar-refractivity contribution in [3.63, 3.8) is 0 Å². The van der Waals surface area contributed by atoms with Crippen LogP contribution in [0.3, 0.4) is 0 Å². The largest absolute Gasteiger partial charge is 0.494 e. The molecule has 0 saturated heterocycles. The lowest BCUT2D eigenvalue weighted by Gasteiger charge is -2.13. The summed E-state index contributed by atoms with van der Waals surface area (Å²) >= 11 is 0. The number of anilines is 2. The van der Waals surface area contributed by atoms with Crippen molar-refractivity contribution in [3.05, 3.63) is 60.7 Å². The Morgan fingerprint density at radius 2 is 0.783 bits per heavy atom. The Balaban J connectivity index is 1.38. The second kappa shape index (κ2) is 19.7. The molecule has 4 aromatic rings. The summed E-state index contributed by atoms with van der Waals surface area (Å²) in [6.45, 7) is 6.00. The molecule has 248 valence electrons. The number of fused-ring (bicyclic) bond motifs is 1. The van der Waals surface area contributed by atoms with Crippen LogP contribution in [-0.2, 0) is 0 Å². The quantitative estimate of drug-likeness (QED) is 0.0667. The molecular formula is C40H56N4O2. The van der Waals surface area contributed by atoms with Crippen molar-refractivity contribution in [1.82, 2.24) is 9.97 Å². The van der Waals surface area contributed by atoms with Gasteiger partial charge in [-0.15, -0.1) is 0 Å². The van der Waals surface area contributed by atoms with Gasteiger partial charge in [0.05, 0.1) is 47.0 Å². The first-order valence-electron chi connectivity index (χ1n) is 17.9.